The van der Waals surface area contributed by atoms with Gasteiger partial charge in [-0.2, -0.15) is 4.98 Å². The number of rotatable bonds is 2. The Balaban J connectivity index is 1.83. The fourth-order valence-corrected chi connectivity index (χ4v) is 2.21. The van der Waals surface area contributed by atoms with Gasteiger partial charge in [0.05, 0.1) is 0 Å². The lowest BCUT2D eigenvalue weighted by Crippen LogP contribution is -2.14. The maximum Gasteiger partial charge on any atom is 0.230 e. The van der Waals surface area contributed by atoms with Gasteiger partial charge in [-0.15, -0.1) is 0 Å². The van der Waals surface area contributed by atoms with Crippen LogP contribution in [0.5, 0.6) is 0 Å². The molecule has 0 aromatic carbocycles. The molecule has 0 saturated heterocycles. The van der Waals surface area contributed by atoms with Crippen LogP contribution in [0.2, 0.25) is 0 Å². The predicted molar refractivity (Wildman–Crippen MR) is 59.1 cm³/mol. The highest BCUT2D eigenvalue weighted by Gasteiger charge is 2.28. The highest BCUT2D eigenvalue weighted by Crippen LogP contribution is 2.33. The molecule has 2 heterocycles. The molecule has 1 saturated carbocycles. The van der Waals surface area contributed by atoms with Gasteiger partial charge in [-0.25, -0.2) is 4.98 Å². The van der Waals surface area contributed by atoms with Crippen LogP contribution in [0, 0.1) is 6.92 Å². The molecule has 3 rings (SSSR count). The van der Waals surface area contributed by atoms with E-state index < -0.39 is 0 Å². The molecule has 0 aliphatic heterocycles. The number of hydrogen-bond donors (Lipinski definition) is 1. The molecule has 2 atom stereocenters. The second-order valence-corrected chi connectivity index (χ2v) is 4.48. The Morgan fingerprint density at radius 3 is 2.88 bits per heavy atom. The third-order valence-corrected chi connectivity index (χ3v) is 3.11. The van der Waals surface area contributed by atoms with E-state index in [0.29, 0.717) is 29.2 Å². The van der Waals surface area contributed by atoms with Crippen molar-refractivity contribution in [1.29, 1.82) is 0 Å². The summed E-state index contributed by atoms with van der Waals surface area (Å²) in [5.74, 6) is 2.03. The van der Waals surface area contributed by atoms with Crippen LogP contribution < -0.4 is 5.73 Å². The van der Waals surface area contributed by atoms with Gasteiger partial charge < -0.3 is 14.7 Å². The minimum Gasteiger partial charge on any atom is -0.449 e. The van der Waals surface area contributed by atoms with E-state index in [9.17, 15) is 0 Å². The maximum atomic E-state index is 5.87. The Labute approximate surface area is 98.2 Å². The van der Waals surface area contributed by atoms with Gasteiger partial charge in [0.15, 0.2) is 5.89 Å². The van der Waals surface area contributed by atoms with Crippen LogP contribution in [0.1, 0.15) is 37.0 Å². The van der Waals surface area contributed by atoms with Crippen molar-refractivity contribution in [2.75, 3.05) is 0 Å². The lowest BCUT2D eigenvalue weighted by Gasteiger charge is -2.01. The number of nitrogens with zero attached hydrogens (tertiary/aromatic N) is 3. The first kappa shape index (κ1) is 10.5. The number of aryl methyl sites for hydroxylation is 1. The second-order valence-electron chi connectivity index (χ2n) is 4.48. The third-order valence-electron chi connectivity index (χ3n) is 3.11. The first-order valence-corrected chi connectivity index (χ1v) is 5.74. The van der Waals surface area contributed by atoms with Crippen molar-refractivity contribution in [2.24, 2.45) is 5.73 Å². The molecule has 0 radical (unpaired) electrons. The molecule has 0 bridgehead atoms. The Kier molecular flexibility index (Phi) is 2.44. The zero-order valence-electron chi connectivity index (χ0n) is 9.59. The molecular formula is C11H14N4O2. The van der Waals surface area contributed by atoms with Crippen molar-refractivity contribution in [1.82, 2.24) is 15.1 Å². The quantitative estimate of drug-likeness (QED) is 0.849. The first-order valence-electron chi connectivity index (χ1n) is 5.74. The number of oxazole rings is 1. The minimum absolute atomic E-state index is 0.254. The summed E-state index contributed by atoms with van der Waals surface area (Å²) in [4.78, 5) is 8.51. The number of hydrogen-bond acceptors (Lipinski definition) is 6. The second kappa shape index (κ2) is 3.96. The van der Waals surface area contributed by atoms with Crippen LogP contribution in [0.25, 0.3) is 11.5 Å². The summed E-state index contributed by atoms with van der Waals surface area (Å²) in [7, 11) is 0. The van der Waals surface area contributed by atoms with Gasteiger partial charge in [0, 0.05) is 18.9 Å². The highest BCUT2D eigenvalue weighted by atomic mass is 16.5. The van der Waals surface area contributed by atoms with Gasteiger partial charge in [0.25, 0.3) is 0 Å². The van der Waals surface area contributed by atoms with Gasteiger partial charge >= 0.3 is 0 Å². The zero-order chi connectivity index (χ0) is 11.8. The van der Waals surface area contributed by atoms with Crippen LogP contribution in [0.15, 0.2) is 15.2 Å². The summed E-state index contributed by atoms with van der Waals surface area (Å²) in [5.41, 5.74) is 6.48. The fourth-order valence-electron chi connectivity index (χ4n) is 2.21. The molecule has 17 heavy (non-hydrogen) atoms. The first-order chi connectivity index (χ1) is 8.22. The van der Waals surface area contributed by atoms with Gasteiger partial charge in [0.1, 0.15) is 12.0 Å². The molecule has 0 spiro atoms. The Hall–Kier alpha value is -1.69. The SMILES string of the molecule is Cc1nc(-c2noc([C@@H]3CC[C@H](N)C3)n2)co1. The van der Waals surface area contributed by atoms with Crippen molar-refractivity contribution in [3.63, 3.8) is 0 Å². The van der Waals surface area contributed by atoms with Crippen molar-refractivity contribution in [2.45, 2.75) is 38.1 Å². The molecule has 0 amide bonds. The summed E-state index contributed by atoms with van der Waals surface area (Å²) >= 11 is 0. The Morgan fingerprint density at radius 2 is 2.24 bits per heavy atom. The number of aromatic nitrogens is 3. The summed E-state index contributed by atoms with van der Waals surface area (Å²) in [6, 6.07) is 0.254. The van der Waals surface area contributed by atoms with E-state index in [1.54, 1.807) is 6.92 Å². The van der Waals surface area contributed by atoms with Crippen LogP contribution in [0.4, 0.5) is 0 Å². The van der Waals surface area contributed by atoms with Crippen LogP contribution in [-0.2, 0) is 0 Å². The van der Waals surface area contributed by atoms with E-state index >= 15 is 0 Å². The number of nitrogens with two attached hydrogens (primary N) is 1. The summed E-state index contributed by atoms with van der Waals surface area (Å²) in [6.45, 7) is 1.78. The normalized spacial score (nSPS) is 24.4. The average molecular weight is 234 g/mol. The zero-order valence-corrected chi connectivity index (χ0v) is 9.59. The van der Waals surface area contributed by atoms with Crippen LogP contribution >= 0.6 is 0 Å². The molecule has 6 heteroatoms. The summed E-state index contributed by atoms with van der Waals surface area (Å²) < 4.78 is 10.4. The molecule has 6 nitrogen and oxygen atoms in total. The Morgan fingerprint density at radius 1 is 1.35 bits per heavy atom. The largest absolute Gasteiger partial charge is 0.449 e. The smallest absolute Gasteiger partial charge is 0.230 e. The molecule has 0 unspecified atom stereocenters. The molecule has 2 N–H and O–H groups in total. The van der Waals surface area contributed by atoms with E-state index in [2.05, 4.69) is 15.1 Å². The standard InChI is InChI=1S/C11H14N4O2/c1-6-13-9(5-16-6)10-14-11(17-15-10)7-2-3-8(12)4-7/h5,7-8H,2-4,12H2,1H3/t7-,8+/m1/s1. The van der Waals surface area contributed by atoms with Gasteiger partial charge in [-0.3, -0.25) is 0 Å². The predicted octanol–water partition coefficient (Wildman–Crippen LogP) is 1.63. The third kappa shape index (κ3) is 1.95. The molecule has 2 aromatic rings. The lowest BCUT2D eigenvalue weighted by atomic mass is 10.1. The monoisotopic (exact) mass is 234 g/mol. The van der Waals surface area contributed by atoms with E-state index in [4.69, 9.17) is 14.7 Å². The lowest BCUT2D eigenvalue weighted by molar-refractivity contribution is 0.353. The molecule has 1 fully saturated rings. The molecular weight excluding hydrogens is 220 g/mol. The van der Waals surface area contributed by atoms with Gasteiger partial charge in [0.2, 0.25) is 11.7 Å². The highest BCUT2D eigenvalue weighted by molar-refractivity contribution is 5.45. The summed E-state index contributed by atoms with van der Waals surface area (Å²) in [5, 5.41) is 3.92. The fraction of sp³-hybridized carbons (Fsp3) is 0.545. The van der Waals surface area contributed by atoms with E-state index in [1.165, 1.54) is 6.26 Å². The topological polar surface area (TPSA) is 91.0 Å². The molecule has 1 aliphatic carbocycles. The van der Waals surface area contributed by atoms with Crippen molar-refractivity contribution in [3.05, 3.63) is 18.0 Å². The molecule has 1 aliphatic rings. The van der Waals surface area contributed by atoms with Gasteiger partial charge in [-0.1, -0.05) is 5.16 Å². The van der Waals surface area contributed by atoms with Crippen LogP contribution in [-0.4, -0.2) is 21.2 Å². The van der Waals surface area contributed by atoms with Crippen molar-refractivity contribution < 1.29 is 8.94 Å². The van der Waals surface area contributed by atoms with Crippen molar-refractivity contribution in [3.8, 4) is 11.5 Å². The van der Waals surface area contributed by atoms with E-state index in [1.807, 2.05) is 0 Å². The van der Waals surface area contributed by atoms with Crippen LogP contribution in [0.3, 0.4) is 0 Å². The van der Waals surface area contributed by atoms with Crippen molar-refractivity contribution >= 4 is 0 Å². The van der Waals surface area contributed by atoms with E-state index in [-0.39, 0.29) is 6.04 Å². The van der Waals surface area contributed by atoms with Gasteiger partial charge in [-0.05, 0) is 19.3 Å². The maximum absolute atomic E-state index is 5.87. The Bertz CT molecular complexity index is 519. The minimum atomic E-state index is 0.254. The van der Waals surface area contributed by atoms with E-state index in [0.717, 1.165) is 19.3 Å². The molecule has 2 aromatic heterocycles. The average Bonchev–Trinajstić information content (AvgIpc) is 2.96. The molecule has 90 valence electrons. The summed E-state index contributed by atoms with van der Waals surface area (Å²) in [6.07, 6.45) is 4.48.